The second-order valence-corrected chi connectivity index (χ2v) is 11.5. The first-order valence-corrected chi connectivity index (χ1v) is 15.3. The third-order valence-corrected chi connectivity index (χ3v) is 8.95. The molecule has 0 saturated heterocycles. The van der Waals surface area contributed by atoms with Gasteiger partial charge in [-0.3, -0.25) is 4.57 Å². The Bertz CT molecular complexity index is 2420. The van der Waals surface area contributed by atoms with Crippen molar-refractivity contribution in [1.29, 1.82) is 0 Å². The van der Waals surface area contributed by atoms with E-state index in [1.165, 1.54) is 49.1 Å². The first-order chi connectivity index (χ1) is 21.8. The monoisotopic (exact) mass is 563 g/mol. The van der Waals surface area contributed by atoms with Gasteiger partial charge in [-0.25, -0.2) is 4.98 Å². The van der Waals surface area contributed by atoms with Crippen molar-refractivity contribution in [2.45, 2.75) is 12.8 Å². The fourth-order valence-corrected chi connectivity index (χ4v) is 6.94. The van der Waals surface area contributed by atoms with E-state index >= 15 is 0 Å². The maximum atomic E-state index is 5.34. The van der Waals surface area contributed by atoms with Crippen LogP contribution in [0.25, 0.3) is 71.7 Å². The van der Waals surface area contributed by atoms with Gasteiger partial charge in [0, 0.05) is 33.4 Å². The molecule has 3 heterocycles. The highest BCUT2D eigenvalue weighted by Crippen LogP contribution is 2.40. The molecule has 3 nitrogen and oxygen atoms in total. The summed E-state index contributed by atoms with van der Waals surface area (Å²) >= 11 is 0. The summed E-state index contributed by atoms with van der Waals surface area (Å²) in [7, 11) is 0. The van der Waals surface area contributed by atoms with E-state index in [0.717, 1.165) is 41.1 Å². The van der Waals surface area contributed by atoms with Gasteiger partial charge in [0.25, 0.3) is 0 Å². The molecule has 0 aliphatic heterocycles. The summed E-state index contributed by atoms with van der Waals surface area (Å²) in [6, 6.07) is 45.8. The normalized spacial score (nSPS) is 13.3. The Hall–Kier alpha value is -5.67. The smallest absolute Gasteiger partial charge is 0.138 e. The van der Waals surface area contributed by atoms with E-state index in [1.54, 1.807) is 0 Å². The predicted molar refractivity (Wildman–Crippen MR) is 185 cm³/mol. The molecule has 1 aliphatic carbocycles. The van der Waals surface area contributed by atoms with Crippen molar-refractivity contribution in [3.05, 3.63) is 158 Å². The van der Waals surface area contributed by atoms with Gasteiger partial charge in [0.1, 0.15) is 5.82 Å². The van der Waals surface area contributed by atoms with Crippen molar-refractivity contribution in [2.75, 3.05) is 0 Å². The Kier molecular flexibility index (Phi) is 5.63. The molecule has 0 radical (unpaired) electrons. The van der Waals surface area contributed by atoms with Crippen LogP contribution in [-0.4, -0.2) is 14.1 Å². The summed E-state index contributed by atoms with van der Waals surface area (Å²) in [5.74, 6) is 0.931. The summed E-state index contributed by atoms with van der Waals surface area (Å²) in [5.41, 5.74) is 9.26. The second kappa shape index (κ2) is 9.96. The number of para-hydroxylation sites is 2. The number of rotatable bonds is 4. The molecular weight excluding hydrogens is 534 g/mol. The molecule has 1 aliphatic rings. The Morgan fingerprint density at radius 2 is 1.39 bits per heavy atom. The van der Waals surface area contributed by atoms with Crippen molar-refractivity contribution >= 4 is 49.1 Å². The summed E-state index contributed by atoms with van der Waals surface area (Å²) in [6.07, 6.45) is 11.1. The first kappa shape index (κ1) is 24.9. The lowest BCUT2D eigenvalue weighted by atomic mass is 10.00. The Morgan fingerprint density at radius 3 is 2.23 bits per heavy atom. The maximum Gasteiger partial charge on any atom is 0.138 e. The molecular formula is C41H29N3. The number of hydrogen-bond acceptors (Lipinski definition) is 1. The van der Waals surface area contributed by atoms with E-state index < -0.39 is 0 Å². The van der Waals surface area contributed by atoms with Crippen LogP contribution in [0.1, 0.15) is 18.5 Å². The van der Waals surface area contributed by atoms with Crippen LogP contribution in [0.3, 0.4) is 0 Å². The highest BCUT2D eigenvalue weighted by atomic mass is 15.1. The summed E-state index contributed by atoms with van der Waals surface area (Å²) < 4.78 is 4.67. The summed E-state index contributed by atoms with van der Waals surface area (Å²) in [4.78, 5) is 5.34. The molecule has 0 amide bonds. The van der Waals surface area contributed by atoms with Crippen LogP contribution >= 0.6 is 0 Å². The molecule has 0 spiro atoms. The molecule has 0 saturated carbocycles. The third kappa shape index (κ3) is 3.86. The lowest BCUT2D eigenvalue weighted by molar-refractivity contribution is 1.03. The highest BCUT2D eigenvalue weighted by Gasteiger charge is 2.19. The molecule has 0 atom stereocenters. The van der Waals surface area contributed by atoms with Crippen molar-refractivity contribution in [1.82, 2.24) is 14.1 Å². The number of hydrogen-bond donors (Lipinski definition) is 0. The van der Waals surface area contributed by atoms with Gasteiger partial charge in [0.15, 0.2) is 0 Å². The van der Waals surface area contributed by atoms with Crippen LogP contribution in [0.5, 0.6) is 0 Å². The number of pyridine rings is 1. The molecule has 44 heavy (non-hydrogen) atoms. The minimum absolute atomic E-state index is 0.931. The van der Waals surface area contributed by atoms with Crippen LogP contribution in [0.2, 0.25) is 0 Å². The van der Waals surface area contributed by atoms with Gasteiger partial charge in [-0.2, -0.15) is 0 Å². The van der Waals surface area contributed by atoms with E-state index in [2.05, 4.69) is 161 Å². The van der Waals surface area contributed by atoms with E-state index in [4.69, 9.17) is 4.98 Å². The van der Waals surface area contributed by atoms with Gasteiger partial charge >= 0.3 is 0 Å². The fourth-order valence-electron chi connectivity index (χ4n) is 6.94. The van der Waals surface area contributed by atoms with Gasteiger partial charge in [0.05, 0.1) is 22.2 Å². The lowest BCUT2D eigenvalue weighted by Gasteiger charge is -2.14. The molecule has 0 N–H and O–H groups in total. The van der Waals surface area contributed by atoms with E-state index in [1.807, 2.05) is 0 Å². The standard InChI is InChI=1S/C41H29N3/c1-4-12-28(13-5-1)31-26-36(29-14-6-2-7-15-29)42-39(27-31)44-37-19-11-10-18-35(37)40-33-21-20-30-24-25-43(32-16-8-3-9-17-32)41(30)34(33)22-23-38(40)44/h1,3-6,8-27H,2,7H2. The Balaban J connectivity index is 1.36. The quantitative estimate of drug-likeness (QED) is 0.209. The van der Waals surface area contributed by atoms with Crippen molar-refractivity contribution in [3.63, 3.8) is 0 Å². The first-order valence-electron chi connectivity index (χ1n) is 15.3. The Labute approximate surface area is 255 Å². The summed E-state index contributed by atoms with van der Waals surface area (Å²) in [6.45, 7) is 0. The van der Waals surface area contributed by atoms with Gasteiger partial charge in [-0.05, 0) is 77.4 Å². The zero-order chi connectivity index (χ0) is 29.0. The average Bonchev–Trinajstić information content (AvgIpc) is 3.69. The number of aromatic nitrogens is 3. The molecule has 3 aromatic heterocycles. The van der Waals surface area contributed by atoms with Crippen LogP contribution in [0.4, 0.5) is 0 Å². The Morgan fingerprint density at radius 1 is 0.591 bits per heavy atom. The van der Waals surface area contributed by atoms with Crippen molar-refractivity contribution in [2.24, 2.45) is 0 Å². The largest absolute Gasteiger partial charge is 0.316 e. The minimum Gasteiger partial charge on any atom is -0.316 e. The van der Waals surface area contributed by atoms with E-state index in [0.29, 0.717) is 0 Å². The van der Waals surface area contributed by atoms with Crippen LogP contribution in [0.15, 0.2) is 152 Å². The predicted octanol–water partition coefficient (Wildman–Crippen LogP) is 10.7. The number of nitrogens with zero attached hydrogens (tertiary/aromatic N) is 3. The third-order valence-electron chi connectivity index (χ3n) is 8.95. The zero-order valence-electron chi connectivity index (χ0n) is 24.2. The fraction of sp³-hybridized carbons (Fsp3) is 0.0488. The molecule has 9 rings (SSSR count). The van der Waals surface area contributed by atoms with E-state index in [-0.39, 0.29) is 0 Å². The van der Waals surface area contributed by atoms with Gasteiger partial charge < -0.3 is 4.57 Å². The molecule has 8 aromatic rings. The topological polar surface area (TPSA) is 22.8 Å². The number of fused-ring (bicyclic) bond motifs is 7. The van der Waals surface area contributed by atoms with E-state index in [9.17, 15) is 0 Å². The maximum absolute atomic E-state index is 5.34. The molecule has 0 fully saturated rings. The molecule has 0 unspecified atom stereocenters. The van der Waals surface area contributed by atoms with Gasteiger partial charge in [-0.15, -0.1) is 0 Å². The SMILES string of the molecule is C1=CC(c2cc(-c3ccccc3)cc(-n3c4ccccc4c4c5ccc6ccn(-c7ccccc7)c6c5ccc43)n2)=CCC1. The number of benzene rings is 5. The lowest BCUT2D eigenvalue weighted by Crippen LogP contribution is -2.02. The molecule has 0 bridgehead atoms. The second-order valence-electron chi connectivity index (χ2n) is 11.5. The van der Waals surface area contributed by atoms with Gasteiger partial charge in [-0.1, -0.05) is 103 Å². The van der Waals surface area contributed by atoms with Crippen LogP contribution in [0, 0.1) is 0 Å². The highest BCUT2D eigenvalue weighted by molar-refractivity contribution is 6.25. The molecule has 5 aromatic carbocycles. The molecule has 208 valence electrons. The van der Waals surface area contributed by atoms with Crippen molar-refractivity contribution in [3.8, 4) is 22.6 Å². The van der Waals surface area contributed by atoms with Gasteiger partial charge in [0.2, 0.25) is 0 Å². The van der Waals surface area contributed by atoms with Crippen LogP contribution in [-0.2, 0) is 0 Å². The minimum atomic E-state index is 0.931. The summed E-state index contributed by atoms with van der Waals surface area (Å²) in [5, 5.41) is 6.22. The average molecular weight is 564 g/mol. The van der Waals surface area contributed by atoms with Crippen molar-refractivity contribution < 1.29 is 0 Å². The zero-order valence-corrected chi connectivity index (χ0v) is 24.2. The van der Waals surface area contributed by atoms with Crippen LogP contribution < -0.4 is 0 Å². The number of allylic oxidation sites excluding steroid dienone is 4. The molecule has 3 heteroatoms.